The molecule has 12 heavy (non-hydrogen) atoms. The van der Waals surface area contributed by atoms with E-state index in [1.54, 1.807) is 0 Å². The Morgan fingerprint density at radius 2 is 2.17 bits per heavy atom. The number of fused-ring (bicyclic) bond motifs is 1. The van der Waals surface area contributed by atoms with Crippen LogP contribution < -0.4 is 0 Å². The fraction of sp³-hybridized carbons (Fsp3) is 0.400. The maximum atomic E-state index is 3.60. The zero-order valence-electron chi connectivity index (χ0n) is 6.85. The highest BCUT2D eigenvalue weighted by molar-refractivity contribution is 9.10. The van der Waals surface area contributed by atoms with Crippen molar-refractivity contribution in [2.45, 2.75) is 24.2 Å². The summed E-state index contributed by atoms with van der Waals surface area (Å²) in [6, 6.07) is 6.52. The highest BCUT2D eigenvalue weighted by atomic mass is 79.9. The van der Waals surface area contributed by atoms with Gasteiger partial charge in [-0.2, -0.15) is 0 Å². The summed E-state index contributed by atoms with van der Waals surface area (Å²) < 4.78 is 1.27. The standard InChI is InChI=1S/C10H11BrS/c11-9-6-3-5-8-4-1-2-7-12-10(8)9/h3,5-6H,1-2,4,7H2. The van der Waals surface area contributed by atoms with E-state index in [0.717, 1.165) is 0 Å². The first-order valence-corrected chi connectivity index (χ1v) is 6.06. The molecule has 64 valence electrons. The average Bonchev–Trinajstić information content (AvgIpc) is 2.30. The van der Waals surface area contributed by atoms with Crippen LogP contribution in [0.1, 0.15) is 18.4 Å². The number of thioether (sulfide) groups is 1. The molecule has 0 N–H and O–H groups in total. The van der Waals surface area contributed by atoms with Gasteiger partial charge < -0.3 is 0 Å². The first-order chi connectivity index (χ1) is 5.88. The summed E-state index contributed by atoms with van der Waals surface area (Å²) in [5.41, 5.74) is 1.52. The number of benzene rings is 1. The quantitative estimate of drug-likeness (QED) is 0.666. The molecular weight excluding hydrogens is 232 g/mol. The summed E-state index contributed by atoms with van der Waals surface area (Å²) in [7, 11) is 0. The Balaban J connectivity index is 2.42. The molecule has 1 aromatic rings. The van der Waals surface area contributed by atoms with Gasteiger partial charge in [0.15, 0.2) is 0 Å². The molecule has 0 fully saturated rings. The number of aryl methyl sites for hydroxylation is 1. The van der Waals surface area contributed by atoms with Crippen LogP contribution >= 0.6 is 27.7 Å². The average molecular weight is 243 g/mol. The van der Waals surface area contributed by atoms with E-state index in [1.807, 2.05) is 11.8 Å². The van der Waals surface area contributed by atoms with Crippen molar-refractivity contribution in [3.63, 3.8) is 0 Å². The maximum absolute atomic E-state index is 3.60. The molecule has 1 aliphatic rings. The molecule has 1 heterocycles. The molecule has 0 radical (unpaired) electrons. The van der Waals surface area contributed by atoms with E-state index >= 15 is 0 Å². The van der Waals surface area contributed by atoms with Crippen LogP contribution in [0, 0.1) is 0 Å². The van der Waals surface area contributed by atoms with E-state index in [9.17, 15) is 0 Å². The number of rotatable bonds is 0. The molecule has 1 aromatic carbocycles. The molecule has 2 heteroatoms. The summed E-state index contributed by atoms with van der Waals surface area (Å²) >= 11 is 5.59. The molecule has 2 rings (SSSR count). The fourth-order valence-electron chi connectivity index (χ4n) is 1.50. The van der Waals surface area contributed by atoms with E-state index in [1.165, 1.54) is 39.9 Å². The van der Waals surface area contributed by atoms with Crippen LogP contribution in [0.2, 0.25) is 0 Å². The Hall–Kier alpha value is 0.0500. The minimum Gasteiger partial charge on any atom is -0.125 e. The van der Waals surface area contributed by atoms with Gasteiger partial charge in [-0.05, 0) is 52.6 Å². The second-order valence-electron chi connectivity index (χ2n) is 3.03. The Labute approximate surface area is 85.9 Å². The molecule has 0 bridgehead atoms. The van der Waals surface area contributed by atoms with Crippen molar-refractivity contribution in [1.82, 2.24) is 0 Å². The van der Waals surface area contributed by atoms with Gasteiger partial charge in [-0.1, -0.05) is 12.1 Å². The highest BCUT2D eigenvalue weighted by Gasteiger charge is 2.09. The van der Waals surface area contributed by atoms with Gasteiger partial charge in [0.05, 0.1) is 0 Å². The summed E-state index contributed by atoms with van der Waals surface area (Å²) in [5.74, 6) is 1.27. The zero-order chi connectivity index (χ0) is 8.39. The van der Waals surface area contributed by atoms with Crippen molar-refractivity contribution in [2.75, 3.05) is 5.75 Å². The summed E-state index contributed by atoms with van der Waals surface area (Å²) in [5, 5.41) is 0. The van der Waals surface area contributed by atoms with Crippen molar-refractivity contribution in [3.8, 4) is 0 Å². The lowest BCUT2D eigenvalue weighted by atomic mass is 10.1. The third kappa shape index (κ3) is 1.69. The molecular formula is C10H11BrS. The van der Waals surface area contributed by atoms with Crippen LogP contribution in [0.4, 0.5) is 0 Å². The lowest BCUT2D eigenvalue weighted by Crippen LogP contribution is -1.85. The Bertz CT molecular complexity index is 283. The fourth-order valence-corrected chi connectivity index (χ4v) is 3.37. The molecule has 0 saturated heterocycles. The van der Waals surface area contributed by atoms with Gasteiger partial charge in [-0.3, -0.25) is 0 Å². The second kappa shape index (κ2) is 3.84. The predicted molar refractivity (Wildman–Crippen MR) is 57.8 cm³/mol. The van der Waals surface area contributed by atoms with Gasteiger partial charge in [0.1, 0.15) is 0 Å². The van der Waals surface area contributed by atoms with Crippen LogP contribution in [0.3, 0.4) is 0 Å². The summed E-state index contributed by atoms with van der Waals surface area (Å²) in [6.45, 7) is 0. The molecule has 0 amide bonds. The monoisotopic (exact) mass is 242 g/mol. The third-order valence-corrected chi connectivity index (χ3v) is 4.32. The van der Waals surface area contributed by atoms with Crippen LogP contribution in [0.5, 0.6) is 0 Å². The van der Waals surface area contributed by atoms with Crippen molar-refractivity contribution in [2.24, 2.45) is 0 Å². The normalized spacial score (nSPS) is 16.8. The SMILES string of the molecule is Brc1cccc2c1SCCCC2. The Morgan fingerprint density at radius 1 is 1.25 bits per heavy atom. The van der Waals surface area contributed by atoms with Gasteiger partial charge in [-0.15, -0.1) is 11.8 Å². The maximum Gasteiger partial charge on any atom is 0.0314 e. The van der Waals surface area contributed by atoms with Crippen LogP contribution in [0.25, 0.3) is 0 Å². The molecule has 0 saturated carbocycles. The first kappa shape index (κ1) is 8.64. The topological polar surface area (TPSA) is 0 Å². The molecule has 0 aliphatic carbocycles. The molecule has 0 aromatic heterocycles. The number of halogens is 1. The van der Waals surface area contributed by atoms with Crippen molar-refractivity contribution < 1.29 is 0 Å². The molecule has 1 aliphatic heterocycles. The third-order valence-electron chi connectivity index (χ3n) is 2.14. The number of hydrogen-bond acceptors (Lipinski definition) is 1. The van der Waals surface area contributed by atoms with E-state index in [0.29, 0.717) is 0 Å². The first-order valence-electron chi connectivity index (χ1n) is 4.28. The minimum absolute atomic E-state index is 1.25. The van der Waals surface area contributed by atoms with Gasteiger partial charge >= 0.3 is 0 Å². The summed E-state index contributed by atoms with van der Waals surface area (Å²) in [4.78, 5) is 1.47. The molecule has 0 atom stereocenters. The molecule has 0 unspecified atom stereocenters. The van der Waals surface area contributed by atoms with Gasteiger partial charge in [0.2, 0.25) is 0 Å². The zero-order valence-corrected chi connectivity index (χ0v) is 9.25. The lowest BCUT2D eigenvalue weighted by Gasteiger charge is -2.05. The van der Waals surface area contributed by atoms with Gasteiger partial charge in [-0.25, -0.2) is 0 Å². The largest absolute Gasteiger partial charge is 0.125 e. The number of hydrogen-bond donors (Lipinski definition) is 0. The van der Waals surface area contributed by atoms with Crippen molar-refractivity contribution in [3.05, 3.63) is 28.2 Å². The Morgan fingerprint density at radius 3 is 3.08 bits per heavy atom. The van der Waals surface area contributed by atoms with E-state index < -0.39 is 0 Å². The molecule has 0 spiro atoms. The van der Waals surface area contributed by atoms with E-state index in [-0.39, 0.29) is 0 Å². The lowest BCUT2D eigenvalue weighted by molar-refractivity contribution is 0.803. The molecule has 0 nitrogen and oxygen atoms in total. The van der Waals surface area contributed by atoms with Crippen molar-refractivity contribution in [1.29, 1.82) is 0 Å². The second-order valence-corrected chi connectivity index (χ2v) is 4.99. The summed E-state index contributed by atoms with van der Waals surface area (Å²) in [6.07, 6.45) is 3.95. The Kier molecular flexibility index (Phi) is 2.76. The van der Waals surface area contributed by atoms with Gasteiger partial charge in [0, 0.05) is 9.37 Å². The van der Waals surface area contributed by atoms with Crippen LogP contribution in [-0.2, 0) is 6.42 Å². The van der Waals surface area contributed by atoms with Crippen molar-refractivity contribution >= 4 is 27.7 Å². The van der Waals surface area contributed by atoms with E-state index in [2.05, 4.69) is 34.1 Å². The smallest absolute Gasteiger partial charge is 0.0314 e. The van der Waals surface area contributed by atoms with Crippen LogP contribution in [0.15, 0.2) is 27.6 Å². The minimum atomic E-state index is 1.25. The van der Waals surface area contributed by atoms with E-state index in [4.69, 9.17) is 0 Å². The highest BCUT2D eigenvalue weighted by Crippen LogP contribution is 2.34. The van der Waals surface area contributed by atoms with Gasteiger partial charge in [0.25, 0.3) is 0 Å². The van der Waals surface area contributed by atoms with Crippen LogP contribution in [-0.4, -0.2) is 5.75 Å². The predicted octanol–water partition coefficient (Wildman–Crippen LogP) is 3.88.